The third kappa shape index (κ3) is 16.5. The van der Waals surface area contributed by atoms with Crippen LogP contribution in [0.25, 0.3) is 89.5 Å². The van der Waals surface area contributed by atoms with Crippen molar-refractivity contribution in [3.8, 4) is 89.5 Å². The van der Waals surface area contributed by atoms with Gasteiger partial charge >= 0.3 is 0 Å². The highest BCUT2D eigenvalue weighted by atomic mass is 14.9. The standard InChI is InChI=1S/C34H36N.C33H36N.C32H34N.C31H32N/c1-23-12-6-7-13-26(23)32-21-27(24(2)22-35(32)5)25-16-17-29-31(20-25)34(18-10-11-19-34)30-15-9-8-14-28(30)33(29,3)4;1-21-12-8-9-13-25(21)31-19-29(22(2)20-34(31)7)24-16-17-27-23(3)26-14-10-11-15-28(26)32(30(27)18-24)33(4,5)6;1-20(2)32-28-14-10-9-13-26(28)23(5)27-16-15-24(17-30(27)32)29-18-31(33(6)19-22(29)4)25-12-8-7-11-21(25)3;1-20-11-7-8-12-24(20)30-18-27(21(2)19-32(30)6)23-15-16-26-22(3)25-13-9-10-14-28(25)31(4,5)29(26)17-23/h6-9,12-17,20-22H,10-11,18-19H2,1-5H3;8-20,23,32H,1-7H3;7-20,23,32H,1-6H3;7-19,22H,1-6H3/q4*+1/i2D3,3D3;2D3,23D;4D3,23D;2D3,22D. The van der Waals surface area contributed by atoms with Gasteiger partial charge in [0.25, 0.3) is 0 Å². The lowest BCUT2D eigenvalue weighted by molar-refractivity contribution is -0.660. The van der Waals surface area contributed by atoms with E-state index in [2.05, 4.69) is 210 Å². The van der Waals surface area contributed by atoms with Gasteiger partial charge in [-0.25, -0.2) is 18.3 Å². The number of pyridine rings is 4. The molecule has 1 fully saturated rings. The fourth-order valence-corrected chi connectivity index (χ4v) is 23.1. The highest BCUT2D eigenvalue weighted by Gasteiger charge is 2.49. The quantitative estimate of drug-likeness (QED) is 0.128. The molecule has 0 aliphatic heterocycles. The molecule has 6 unspecified atom stereocenters. The second kappa shape index (κ2) is 36.2. The molecule has 16 aromatic rings. The smallest absolute Gasteiger partial charge is 0.201 e. The maximum Gasteiger partial charge on any atom is 0.213 e. The van der Waals surface area contributed by atoms with Gasteiger partial charge in [-0.3, -0.25) is 0 Å². The molecule has 12 aromatic carbocycles. The topological polar surface area (TPSA) is 15.5 Å². The molecule has 4 aromatic heterocycles. The van der Waals surface area contributed by atoms with E-state index in [0.29, 0.717) is 44.9 Å². The van der Waals surface area contributed by atoms with Crippen LogP contribution < -0.4 is 18.3 Å². The van der Waals surface area contributed by atoms with Gasteiger partial charge in [0.1, 0.15) is 28.2 Å². The van der Waals surface area contributed by atoms with Crippen LogP contribution >= 0.6 is 0 Å². The number of hydrogen-bond donors (Lipinski definition) is 0. The molecule has 0 bridgehead atoms. The summed E-state index contributed by atoms with van der Waals surface area (Å²) in [5.41, 5.74) is 34.9. The Morgan fingerprint density at radius 1 is 0.299 bits per heavy atom. The molecular formula is C130H138N4+4. The summed E-state index contributed by atoms with van der Waals surface area (Å²) >= 11 is 0. The summed E-state index contributed by atoms with van der Waals surface area (Å²) in [6.45, 7) is 20.2. The molecule has 1 saturated carbocycles. The number of hydrogen-bond acceptors (Lipinski definition) is 0. The van der Waals surface area contributed by atoms with Crippen LogP contribution in [0.15, 0.2) is 316 Å². The Labute approximate surface area is 826 Å². The number of fused-ring (bicyclic) bond motifs is 10. The molecule has 5 aliphatic carbocycles. The van der Waals surface area contributed by atoms with Gasteiger partial charge in [0.2, 0.25) is 22.8 Å². The number of nitrogens with zero attached hydrogens (tertiary/aromatic N) is 4. The van der Waals surface area contributed by atoms with Crippen LogP contribution in [0.3, 0.4) is 0 Å². The third-order valence-electron chi connectivity index (χ3n) is 30.1. The van der Waals surface area contributed by atoms with Crippen molar-refractivity contribution in [2.24, 2.45) is 39.5 Å². The van der Waals surface area contributed by atoms with Crippen LogP contribution in [0.1, 0.15) is 296 Å². The lowest BCUT2D eigenvalue weighted by atomic mass is 9.57. The summed E-state index contributed by atoms with van der Waals surface area (Å²) in [6, 6.07) is 98.1. The van der Waals surface area contributed by atoms with Crippen molar-refractivity contribution in [1.82, 2.24) is 0 Å². The molecule has 21 rings (SSSR count). The van der Waals surface area contributed by atoms with Crippen LogP contribution in [0.2, 0.25) is 0 Å². The van der Waals surface area contributed by atoms with Crippen molar-refractivity contribution in [2.45, 2.75) is 210 Å². The summed E-state index contributed by atoms with van der Waals surface area (Å²) in [5.74, 6) is -2.12. The second-order valence-electron chi connectivity index (χ2n) is 40.5. The van der Waals surface area contributed by atoms with E-state index >= 15 is 0 Å². The van der Waals surface area contributed by atoms with E-state index in [1.165, 1.54) is 11.1 Å². The monoisotopic (exact) mass is 1770 g/mol. The molecule has 6 atom stereocenters. The van der Waals surface area contributed by atoms with Crippen LogP contribution in [0, 0.1) is 66.4 Å². The summed E-state index contributed by atoms with van der Waals surface area (Å²) in [7, 11) is 7.61. The van der Waals surface area contributed by atoms with Gasteiger partial charge in [0.05, 0.1) is 0 Å². The van der Waals surface area contributed by atoms with E-state index in [-0.39, 0.29) is 33.6 Å². The second-order valence-corrected chi connectivity index (χ2v) is 40.5. The minimum absolute atomic E-state index is 0.0824. The summed E-state index contributed by atoms with van der Waals surface area (Å²) in [4.78, 5) is 0. The Morgan fingerprint density at radius 2 is 0.612 bits per heavy atom. The van der Waals surface area contributed by atoms with E-state index in [0.717, 1.165) is 193 Å². The van der Waals surface area contributed by atoms with E-state index < -0.39 is 57.4 Å². The largest absolute Gasteiger partial charge is 0.213 e. The molecule has 1 spiro atoms. The third-order valence-corrected chi connectivity index (χ3v) is 30.1. The van der Waals surface area contributed by atoms with Crippen molar-refractivity contribution in [3.05, 3.63) is 449 Å². The van der Waals surface area contributed by atoms with Crippen LogP contribution in [-0.2, 0) is 44.4 Å². The fourth-order valence-electron chi connectivity index (χ4n) is 23.1. The normalized spacial score (nSPS) is 21.8. The number of aryl methyl sites for hydroxylation is 12. The van der Waals surface area contributed by atoms with Crippen LogP contribution in [-0.4, -0.2) is 0 Å². The lowest BCUT2D eigenvalue weighted by Gasteiger charge is -2.46. The van der Waals surface area contributed by atoms with Gasteiger partial charge in [-0.1, -0.05) is 326 Å². The van der Waals surface area contributed by atoms with Gasteiger partial charge in [-0.2, -0.15) is 0 Å². The molecule has 4 nitrogen and oxygen atoms in total. The fraction of sp³-hybridized carbons (Fsp3) is 0.292. The first-order valence-corrected chi connectivity index (χ1v) is 47.6. The zero-order valence-corrected chi connectivity index (χ0v) is 81.4. The molecule has 4 heterocycles. The van der Waals surface area contributed by atoms with Gasteiger partial charge in [0.15, 0.2) is 24.8 Å². The van der Waals surface area contributed by atoms with E-state index in [4.69, 9.17) is 20.6 Å². The highest BCUT2D eigenvalue weighted by molar-refractivity contribution is 5.80. The SMILES string of the molecule is [2H]C([2H])([2H])c1c[n+](C)c(-c2ccccc2C)cc1-c1ccc2c(c1)C(C(C)(C)C)c1ccccc1C2([2H])C.[2H]C([2H])([2H])c1c[n+](C)c(-c2ccccc2C)cc1-c1ccc2c(c1)C(C(C)C)c1ccccc1C2([2H])C.[2H]C([2H])([2H])c1c[n+](C)c(-c2ccccc2C)cc1-c1ccc2c(c1)C(C)(C)c1ccccc1C2([2H])C.[2H]C([2H])([2H])c1c[n+](C)c(-c2ccccc2C)cc1-c1ccc2c(c1)C1(CCCC1)c1ccccc1C2(C)C([2H])([2H])[2H]. The first-order chi connectivity index (χ1) is 71.2. The molecule has 674 valence electrons. The zero-order chi connectivity index (χ0) is 110. The highest BCUT2D eigenvalue weighted by Crippen LogP contribution is 2.59. The average Bonchev–Trinajstić information content (AvgIpc) is 1.26. The predicted octanol–water partition coefficient (Wildman–Crippen LogP) is 31.0. The van der Waals surface area contributed by atoms with Crippen molar-refractivity contribution >= 4 is 0 Å². The van der Waals surface area contributed by atoms with E-state index in [9.17, 15) is 4.11 Å². The number of aromatic nitrogens is 4. The molecular weight excluding hydrogens is 1620 g/mol. The number of benzene rings is 12. The van der Waals surface area contributed by atoms with Gasteiger partial charge in [0, 0.05) is 139 Å². The molecule has 0 saturated heterocycles. The maximum atomic E-state index is 9.41. The molecule has 0 radical (unpaired) electrons. The van der Waals surface area contributed by atoms with Gasteiger partial charge < -0.3 is 0 Å². The number of rotatable bonds is 9. The maximum absolute atomic E-state index is 9.41. The Kier molecular flexibility index (Phi) is 19.4. The molecule has 4 heteroatoms. The van der Waals surface area contributed by atoms with Crippen molar-refractivity contribution in [1.29, 1.82) is 0 Å². The summed E-state index contributed by atoms with van der Waals surface area (Å²) < 4.78 is 162. The minimum Gasteiger partial charge on any atom is -0.201 e. The van der Waals surface area contributed by atoms with Crippen LogP contribution in [0.5, 0.6) is 0 Å². The zero-order valence-electron chi connectivity index (χ0n) is 99.4. The van der Waals surface area contributed by atoms with Gasteiger partial charge in [-0.05, 0) is 271 Å². The van der Waals surface area contributed by atoms with Crippen molar-refractivity contribution < 1.29 is 42.9 Å². The first kappa shape index (κ1) is 71.8. The van der Waals surface area contributed by atoms with E-state index in [1.54, 1.807) is 24.8 Å². The van der Waals surface area contributed by atoms with Gasteiger partial charge in [-0.15, -0.1) is 0 Å². The molecule has 134 heavy (non-hydrogen) atoms. The van der Waals surface area contributed by atoms with Crippen LogP contribution in [0.4, 0.5) is 0 Å². The average molecular weight is 1770 g/mol. The molecule has 0 N–H and O–H groups in total. The molecule has 0 amide bonds. The Morgan fingerprint density at radius 3 is 1.03 bits per heavy atom. The Balaban J connectivity index is 0.000000132. The van der Waals surface area contributed by atoms with Crippen molar-refractivity contribution in [2.75, 3.05) is 0 Å². The van der Waals surface area contributed by atoms with Crippen molar-refractivity contribution in [3.63, 3.8) is 0 Å². The Hall–Kier alpha value is -12.8. The molecule has 5 aliphatic rings. The summed E-state index contributed by atoms with van der Waals surface area (Å²) in [6.07, 6.45) is 11.0. The Bertz CT molecular complexity index is 8070. The lowest BCUT2D eigenvalue weighted by Crippen LogP contribution is -2.38. The predicted molar refractivity (Wildman–Crippen MR) is 562 cm³/mol. The summed E-state index contributed by atoms with van der Waals surface area (Å²) in [5, 5.41) is 0. The first-order valence-electron chi connectivity index (χ1n) is 56.6. The minimum atomic E-state index is -2.32. The van der Waals surface area contributed by atoms with E-state index in [1.807, 2.05) is 232 Å².